The van der Waals surface area contributed by atoms with Gasteiger partial charge in [0.2, 0.25) is 0 Å². The van der Waals surface area contributed by atoms with E-state index in [1.807, 2.05) is 0 Å². The third-order valence-electron chi connectivity index (χ3n) is 2.24. The molecule has 0 saturated carbocycles. The lowest BCUT2D eigenvalue weighted by molar-refractivity contribution is 0.599. The molecule has 2 aromatic heterocycles. The van der Waals surface area contributed by atoms with Crippen LogP contribution in [0.1, 0.15) is 0 Å². The smallest absolute Gasteiger partial charge is 0.266 e. The molecule has 0 spiro atoms. The molecule has 0 fully saturated rings. The van der Waals surface area contributed by atoms with Gasteiger partial charge in [0.05, 0.1) is 12.7 Å². The molecule has 2 aromatic rings. The van der Waals surface area contributed by atoms with Crippen molar-refractivity contribution in [2.45, 2.75) is 11.4 Å². The molecular formula is C10H12BrN5O2S. The maximum atomic E-state index is 12.1. The number of aromatic nitrogens is 3. The Morgan fingerprint density at radius 3 is 2.79 bits per heavy atom. The topological polar surface area (TPSA) is 103 Å². The Morgan fingerprint density at radius 1 is 1.37 bits per heavy atom. The standard InChI is InChI=1S/C10H12BrN5O2S/c11-8-1-2-10(13-5-8)15-19(17,18)9-6-14-16(7-9)4-3-12/h1-2,5-7H,3-4,12H2,(H,13,15). The SMILES string of the molecule is NCCn1cc(S(=O)(=O)Nc2ccc(Br)cn2)cn1. The van der Waals surface area contributed by atoms with Crippen molar-refractivity contribution in [2.75, 3.05) is 11.3 Å². The minimum atomic E-state index is -3.68. The van der Waals surface area contributed by atoms with Crippen molar-refractivity contribution in [3.05, 3.63) is 35.2 Å². The zero-order valence-electron chi connectivity index (χ0n) is 9.82. The summed E-state index contributed by atoms with van der Waals surface area (Å²) < 4.78 is 28.7. The minimum Gasteiger partial charge on any atom is -0.329 e. The molecule has 0 atom stereocenters. The molecule has 2 heterocycles. The van der Waals surface area contributed by atoms with Crippen LogP contribution in [-0.2, 0) is 16.6 Å². The predicted octanol–water partition coefficient (Wildman–Crippen LogP) is 0.800. The summed E-state index contributed by atoms with van der Waals surface area (Å²) >= 11 is 3.23. The Balaban J connectivity index is 2.19. The van der Waals surface area contributed by atoms with E-state index in [2.05, 4.69) is 30.7 Å². The Labute approximate surface area is 119 Å². The molecule has 0 aliphatic carbocycles. The third-order valence-corrected chi connectivity index (χ3v) is 4.02. The van der Waals surface area contributed by atoms with Gasteiger partial charge < -0.3 is 5.73 Å². The molecule has 0 saturated heterocycles. The summed E-state index contributed by atoms with van der Waals surface area (Å²) in [5.74, 6) is 0.245. The quantitative estimate of drug-likeness (QED) is 0.834. The molecule has 0 aliphatic rings. The van der Waals surface area contributed by atoms with E-state index >= 15 is 0 Å². The fraction of sp³-hybridized carbons (Fsp3) is 0.200. The molecule has 102 valence electrons. The molecule has 7 nitrogen and oxygen atoms in total. The van der Waals surface area contributed by atoms with Gasteiger partial charge in [-0.1, -0.05) is 0 Å². The van der Waals surface area contributed by atoms with Crippen molar-refractivity contribution in [2.24, 2.45) is 5.73 Å². The van der Waals surface area contributed by atoms with Gasteiger partial charge in [0, 0.05) is 23.4 Å². The third kappa shape index (κ3) is 3.52. The lowest BCUT2D eigenvalue weighted by atomic mass is 10.5. The Bertz CT molecular complexity index is 653. The Hall–Kier alpha value is -1.45. The second kappa shape index (κ2) is 5.68. The summed E-state index contributed by atoms with van der Waals surface area (Å²) in [4.78, 5) is 4.02. The number of hydrogen-bond donors (Lipinski definition) is 2. The van der Waals surface area contributed by atoms with Crippen LogP contribution in [0.3, 0.4) is 0 Å². The van der Waals surface area contributed by atoms with Crippen LogP contribution in [0.4, 0.5) is 5.82 Å². The second-order valence-electron chi connectivity index (χ2n) is 3.69. The van der Waals surface area contributed by atoms with E-state index in [-0.39, 0.29) is 10.7 Å². The van der Waals surface area contributed by atoms with Crippen LogP contribution >= 0.6 is 15.9 Å². The highest BCUT2D eigenvalue weighted by Crippen LogP contribution is 2.15. The van der Waals surface area contributed by atoms with Crippen LogP contribution in [-0.4, -0.2) is 29.7 Å². The van der Waals surface area contributed by atoms with Crippen molar-refractivity contribution in [1.29, 1.82) is 0 Å². The summed E-state index contributed by atoms with van der Waals surface area (Å²) in [5, 5.41) is 3.92. The lowest BCUT2D eigenvalue weighted by Gasteiger charge is -2.04. The Kier molecular flexibility index (Phi) is 4.17. The number of anilines is 1. The maximum Gasteiger partial charge on any atom is 0.266 e. The molecule has 3 N–H and O–H groups in total. The number of hydrogen-bond acceptors (Lipinski definition) is 5. The lowest BCUT2D eigenvalue weighted by Crippen LogP contribution is -2.13. The van der Waals surface area contributed by atoms with Gasteiger partial charge >= 0.3 is 0 Å². The average molecular weight is 346 g/mol. The van der Waals surface area contributed by atoms with Gasteiger partial charge in [-0.2, -0.15) is 5.10 Å². The van der Waals surface area contributed by atoms with Gasteiger partial charge in [0.1, 0.15) is 10.7 Å². The molecule has 0 bridgehead atoms. The number of rotatable bonds is 5. The van der Waals surface area contributed by atoms with Crippen molar-refractivity contribution in [3.8, 4) is 0 Å². The number of pyridine rings is 1. The minimum absolute atomic E-state index is 0.0747. The van der Waals surface area contributed by atoms with Crippen LogP contribution in [0.2, 0.25) is 0 Å². The summed E-state index contributed by atoms with van der Waals surface area (Å²) in [6.45, 7) is 0.856. The molecule has 9 heteroatoms. The number of sulfonamides is 1. The normalized spacial score (nSPS) is 11.5. The van der Waals surface area contributed by atoms with Gasteiger partial charge in [0.25, 0.3) is 10.0 Å². The van der Waals surface area contributed by atoms with Gasteiger partial charge in [0.15, 0.2) is 0 Å². The maximum absolute atomic E-state index is 12.1. The zero-order valence-corrected chi connectivity index (χ0v) is 12.2. The summed E-state index contributed by atoms with van der Waals surface area (Å²) in [6.07, 6.45) is 4.21. The largest absolute Gasteiger partial charge is 0.329 e. The first-order valence-corrected chi connectivity index (χ1v) is 7.66. The van der Waals surface area contributed by atoms with Gasteiger partial charge in [-0.3, -0.25) is 9.40 Å². The molecule has 0 aromatic carbocycles. The van der Waals surface area contributed by atoms with Crippen molar-refractivity contribution < 1.29 is 8.42 Å². The molecular weight excluding hydrogens is 334 g/mol. The fourth-order valence-corrected chi connectivity index (χ4v) is 2.57. The molecule has 0 aliphatic heterocycles. The van der Waals surface area contributed by atoms with Crippen molar-refractivity contribution >= 4 is 31.8 Å². The highest BCUT2D eigenvalue weighted by molar-refractivity contribution is 9.10. The van der Waals surface area contributed by atoms with E-state index in [4.69, 9.17) is 5.73 Å². The second-order valence-corrected chi connectivity index (χ2v) is 6.29. The first kappa shape index (κ1) is 14.0. The first-order valence-electron chi connectivity index (χ1n) is 5.38. The van der Waals surface area contributed by atoms with E-state index in [9.17, 15) is 8.42 Å². The van der Waals surface area contributed by atoms with E-state index < -0.39 is 10.0 Å². The number of nitrogens with one attached hydrogen (secondary N) is 1. The van der Waals surface area contributed by atoms with E-state index in [1.165, 1.54) is 23.3 Å². The van der Waals surface area contributed by atoms with Gasteiger partial charge in [-0.15, -0.1) is 0 Å². The molecule has 2 rings (SSSR count). The van der Waals surface area contributed by atoms with Crippen molar-refractivity contribution in [1.82, 2.24) is 14.8 Å². The molecule has 0 amide bonds. The number of nitrogens with two attached hydrogens (primary N) is 1. The first-order chi connectivity index (χ1) is 9.01. The monoisotopic (exact) mass is 345 g/mol. The van der Waals surface area contributed by atoms with Crippen LogP contribution in [0.15, 0.2) is 40.1 Å². The van der Waals surface area contributed by atoms with Crippen LogP contribution in [0.25, 0.3) is 0 Å². The average Bonchev–Trinajstić information content (AvgIpc) is 2.82. The molecule has 19 heavy (non-hydrogen) atoms. The molecule has 0 radical (unpaired) electrons. The number of halogens is 1. The van der Waals surface area contributed by atoms with E-state index in [1.54, 1.807) is 12.1 Å². The summed E-state index contributed by atoms with van der Waals surface area (Å²) in [5.41, 5.74) is 5.38. The molecule has 0 unspecified atom stereocenters. The number of nitrogens with zero attached hydrogens (tertiary/aromatic N) is 3. The van der Waals surface area contributed by atoms with Crippen molar-refractivity contribution in [3.63, 3.8) is 0 Å². The van der Waals surface area contributed by atoms with E-state index in [0.717, 1.165) is 4.47 Å². The predicted molar refractivity (Wildman–Crippen MR) is 74.0 cm³/mol. The highest BCUT2D eigenvalue weighted by Gasteiger charge is 2.17. The van der Waals surface area contributed by atoms with Crippen LogP contribution in [0.5, 0.6) is 0 Å². The highest BCUT2D eigenvalue weighted by atomic mass is 79.9. The van der Waals surface area contributed by atoms with Crippen LogP contribution < -0.4 is 10.5 Å². The van der Waals surface area contributed by atoms with E-state index in [0.29, 0.717) is 13.1 Å². The van der Waals surface area contributed by atoms with Gasteiger partial charge in [-0.25, -0.2) is 13.4 Å². The Morgan fingerprint density at radius 2 is 2.16 bits per heavy atom. The zero-order chi connectivity index (χ0) is 13.9. The fourth-order valence-electron chi connectivity index (χ4n) is 1.37. The summed E-state index contributed by atoms with van der Waals surface area (Å²) in [7, 11) is -3.68. The van der Waals surface area contributed by atoms with Crippen LogP contribution in [0, 0.1) is 0 Å². The van der Waals surface area contributed by atoms with Gasteiger partial charge in [-0.05, 0) is 28.1 Å². The summed E-state index contributed by atoms with van der Waals surface area (Å²) in [6, 6.07) is 3.26.